The fraction of sp³-hybridized carbons (Fsp3) is 0.200. The van der Waals surface area contributed by atoms with E-state index < -0.39 is 12.2 Å². The summed E-state index contributed by atoms with van der Waals surface area (Å²) in [6.45, 7) is 0. The molecule has 1 rings (SSSR count). The monoisotopic (exact) mass is 241 g/mol. The molecule has 5 nitrogen and oxygen atoms in total. The number of halogens is 1. The smallest absolute Gasteiger partial charge is 0.405 e. The van der Waals surface area contributed by atoms with Gasteiger partial charge in [-0.15, -0.1) is 0 Å². The average molecular weight is 242 g/mol. The number of hydrogen-bond donors (Lipinski definition) is 3. The molecular formula is C10H12ClN3O2. The summed E-state index contributed by atoms with van der Waals surface area (Å²) in [5.74, 6) is -0.242. The van der Waals surface area contributed by atoms with Crippen molar-refractivity contribution in [2.45, 2.75) is 12.5 Å². The van der Waals surface area contributed by atoms with Crippen molar-refractivity contribution >= 4 is 23.5 Å². The van der Waals surface area contributed by atoms with E-state index in [1.54, 1.807) is 24.3 Å². The highest BCUT2D eigenvalue weighted by Gasteiger charge is 2.16. The van der Waals surface area contributed by atoms with Gasteiger partial charge in [0.1, 0.15) is 5.84 Å². The second kappa shape index (κ2) is 5.37. The fourth-order valence-electron chi connectivity index (χ4n) is 1.19. The first-order chi connectivity index (χ1) is 7.49. The van der Waals surface area contributed by atoms with Crippen LogP contribution in [0.2, 0.25) is 5.02 Å². The normalized spacial score (nSPS) is 11.8. The van der Waals surface area contributed by atoms with Gasteiger partial charge in [-0.2, -0.15) is 0 Å². The Morgan fingerprint density at radius 2 is 1.94 bits per heavy atom. The molecule has 0 saturated heterocycles. The number of ether oxygens (including phenoxy) is 1. The van der Waals surface area contributed by atoms with Crippen LogP contribution in [0.3, 0.4) is 0 Å². The molecule has 1 aromatic carbocycles. The third-order valence-corrected chi connectivity index (χ3v) is 2.19. The Labute approximate surface area is 97.8 Å². The summed E-state index contributed by atoms with van der Waals surface area (Å²) in [7, 11) is 0. The Bertz CT molecular complexity index is 392. The van der Waals surface area contributed by atoms with E-state index in [4.69, 9.17) is 33.2 Å². The first-order valence-corrected chi connectivity index (χ1v) is 4.91. The third kappa shape index (κ3) is 3.78. The number of amides is 1. The van der Waals surface area contributed by atoms with Gasteiger partial charge in [-0.25, -0.2) is 4.79 Å². The second-order valence-corrected chi connectivity index (χ2v) is 3.65. The summed E-state index contributed by atoms with van der Waals surface area (Å²) in [5.41, 5.74) is 11.0. The van der Waals surface area contributed by atoms with Gasteiger partial charge in [0.25, 0.3) is 0 Å². The van der Waals surface area contributed by atoms with Crippen LogP contribution >= 0.6 is 11.6 Å². The van der Waals surface area contributed by atoms with Crippen molar-refractivity contribution in [2.24, 2.45) is 11.5 Å². The molecule has 6 heteroatoms. The maximum absolute atomic E-state index is 10.6. The molecule has 0 saturated carbocycles. The molecule has 1 amide bonds. The minimum Gasteiger partial charge on any atom is -0.438 e. The standard InChI is InChI=1S/C10H12ClN3O2/c11-7-3-1-6(2-4-7)5-8(9(12)13)16-10(14)15/h1-4,8H,5H2,(H3,12,13)(H2,14,15)/t8-/m0/s1. The van der Waals surface area contributed by atoms with Crippen LogP contribution in [-0.4, -0.2) is 18.0 Å². The van der Waals surface area contributed by atoms with Gasteiger partial charge in [0, 0.05) is 11.4 Å². The lowest BCUT2D eigenvalue weighted by Crippen LogP contribution is -2.36. The number of amidine groups is 1. The molecular weight excluding hydrogens is 230 g/mol. The minimum absolute atomic E-state index is 0.242. The molecule has 16 heavy (non-hydrogen) atoms. The van der Waals surface area contributed by atoms with Gasteiger partial charge < -0.3 is 16.2 Å². The minimum atomic E-state index is -0.950. The highest BCUT2D eigenvalue weighted by atomic mass is 35.5. The first-order valence-electron chi connectivity index (χ1n) is 4.53. The van der Waals surface area contributed by atoms with Gasteiger partial charge in [0.05, 0.1) is 0 Å². The number of hydrogen-bond acceptors (Lipinski definition) is 3. The summed E-state index contributed by atoms with van der Waals surface area (Å²) in [6.07, 6.45) is -1.48. The van der Waals surface area contributed by atoms with Crippen molar-refractivity contribution < 1.29 is 9.53 Å². The van der Waals surface area contributed by atoms with E-state index in [-0.39, 0.29) is 5.84 Å². The van der Waals surface area contributed by atoms with Gasteiger partial charge in [-0.3, -0.25) is 5.41 Å². The van der Waals surface area contributed by atoms with Crippen LogP contribution in [0.5, 0.6) is 0 Å². The van der Waals surface area contributed by atoms with Crippen LogP contribution in [0.4, 0.5) is 4.79 Å². The number of nitrogens with two attached hydrogens (primary N) is 2. The summed E-state index contributed by atoms with van der Waals surface area (Å²) < 4.78 is 4.70. The molecule has 0 bridgehead atoms. The van der Waals surface area contributed by atoms with Crippen molar-refractivity contribution in [3.63, 3.8) is 0 Å². The molecule has 0 aliphatic carbocycles. The summed E-state index contributed by atoms with van der Waals surface area (Å²) in [5, 5.41) is 7.87. The average Bonchev–Trinajstić information content (AvgIpc) is 2.19. The largest absolute Gasteiger partial charge is 0.438 e. The second-order valence-electron chi connectivity index (χ2n) is 3.21. The van der Waals surface area contributed by atoms with Crippen LogP contribution in [-0.2, 0) is 11.2 Å². The zero-order valence-corrected chi connectivity index (χ0v) is 9.20. The van der Waals surface area contributed by atoms with Crippen LogP contribution < -0.4 is 11.5 Å². The molecule has 0 aliphatic rings. The molecule has 0 aliphatic heterocycles. The molecule has 1 aromatic rings. The highest BCUT2D eigenvalue weighted by Crippen LogP contribution is 2.12. The van der Waals surface area contributed by atoms with E-state index in [1.165, 1.54) is 0 Å². The Kier molecular flexibility index (Phi) is 4.13. The van der Waals surface area contributed by atoms with Gasteiger partial charge in [-0.1, -0.05) is 23.7 Å². The lowest BCUT2D eigenvalue weighted by Gasteiger charge is -2.14. The predicted octanol–water partition coefficient (Wildman–Crippen LogP) is 1.28. The van der Waals surface area contributed by atoms with Crippen LogP contribution in [0.15, 0.2) is 24.3 Å². The summed E-state index contributed by atoms with van der Waals surface area (Å²) in [4.78, 5) is 10.6. The molecule has 5 N–H and O–H groups in total. The van der Waals surface area contributed by atoms with Gasteiger partial charge in [0.15, 0.2) is 6.10 Å². The van der Waals surface area contributed by atoms with Crippen molar-refractivity contribution in [3.8, 4) is 0 Å². The first kappa shape index (κ1) is 12.3. The summed E-state index contributed by atoms with van der Waals surface area (Å²) >= 11 is 5.72. The number of carbonyl (C=O) groups is 1. The van der Waals surface area contributed by atoms with E-state index in [9.17, 15) is 4.79 Å². The lowest BCUT2D eigenvalue weighted by molar-refractivity contribution is 0.136. The van der Waals surface area contributed by atoms with Crippen LogP contribution in [0, 0.1) is 5.41 Å². The Morgan fingerprint density at radius 3 is 2.38 bits per heavy atom. The Balaban J connectivity index is 2.71. The van der Waals surface area contributed by atoms with Gasteiger partial charge in [-0.05, 0) is 17.7 Å². The van der Waals surface area contributed by atoms with Crippen molar-refractivity contribution in [2.75, 3.05) is 0 Å². The maximum atomic E-state index is 10.6. The molecule has 0 aromatic heterocycles. The fourth-order valence-corrected chi connectivity index (χ4v) is 1.32. The molecule has 0 fully saturated rings. The predicted molar refractivity (Wildman–Crippen MR) is 61.5 cm³/mol. The highest BCUT2D eigenvalue weighted by molar-refractivity contribution is 6.30. The van der Waals surface area contributed by atoms with Gasteiger partial charge in [0.2, 0.25) is 0 Å². The molecule has 1 atom stereocenters. The van der Waals surface area contributed by atoms with Crippen LogP contribution in [0.25, 0.3) is 0 Å². The Morgan fingerprint density at radius 1 is 1.38 bits per heavy atom. The quantitative estimate of drug-likeness (QED) is 0.547. The zero-order chi connectivity index (χ0) is 12.1. The maximum Gasteiger partial charge on any atom is 0.405 e. The van der Waals surface area contributed by atoms with E-state index in [2.05, 4.69) is 0 Å². The number of carbonyl (C=O) groups excluding carboxylic acids is 1. The molecule has 0 radical (unpaired) electrons. The third-order valence-electron chi connectivity index (χ3n) is 1.94. The van der Waals surface area contributed by atoms with Crippen LogP contribution in [0.1, 0.15) is 5.56 Å². The Hall–Kier alpha value is -1.75. The lowest BCUT2D eigenvalue weighted by atomic mass is 10.1. The number of primary amides is 1. The molecule has 0 unspecified atom stereocenters. The summed E-state index contributed by atoms with van der Waals surface area (Å²) in [6, 6.07) is 6.95. The molecule has 0 spiro atoms. The van der Waals surface area contributed by atoms with Crippen molar-refractivity contribution in [3.05, 3.63) is 34.9 Å². The van der Waals surface area contributed by atoms with Crippen molar-refractivity contribution in [1.29, 1.82) is 5.41 Å². The topological polar surface area (TPSA) is 102 Å². The number of rotatable bonds is 4. The van der Waals surface area contributed by atoms with Gasteiger partial charge >= 0.3 is 6.09 Å². The molecule has 86 valence electrons. The number of benzene rings is 1. The molecule has 0 heterocycles. The number of nitrogens with one attached hydrogen (secondary N) is 1. The van der Waals surface area contributed by atoms with Crippen molar-refractivity contribution in [1.82, 2.24) is 0 Å². The SMILES string of the molecule is N=C(N)[C@H](Cc1ccc(Cl)cc1)OC(N)=O. The van der Waals surface area contributed by atoms with E-state index in [0.29, 0.717) is 11.4 Å². The van der Waals surface area contributed by atoms with E-state index in [1.807, 2.05) is 0 Å². The van der Waals surface area contributed by atoms with E-state index in [0.717, 1.165) is 5.56 Å². The van der Waals surface area contributed by atoms with E-state index >= 15 is 0 Å². The zero-order valence-electron chi connectivity index (χ0n) is 8.44.